The maximum absolute atomic E-state index is 9.00. The molecule has 0 saturated heterocycles. The number of halogens is 1. The molecule has 0 bridgehead atoms. The van der Waals surface area contributed by atoms with E-state index in [1.54, 1.807) is 6.82 Å². The van der Waals surface area contributed by atoms with Gasteiger partial charge in [-0.15, -0.1) is 0 Å². The van der Waals surface area contributed by atoms with Crippen LogP contribution in [0.5, 0.6) is 0 Å². The molecule has 0 spiro atoms. The Morgan fingerprint density at radius 2 is 2.00 bits per heavy atom. The standard InChI is InChI=1S/C9H13BBrNO/c1-10(13)7-12-6-8-2-4-9(11)5-3-8/h2-5,12-13H,6-7H2,1H3. The summed E-state index contributed by atoms with van der Waals surface area (Å²) in [6.45, 7) is 2.29. The molecule has 2 N–H and O–H groups in total. The molecule has 1 aromatic carbocycles. The minimum atomic E-state index is -0.282. The molecule has 0 aliphatic carbocycles. The van der Waals surface area contributed by atoms with E-state index in [-0.39, 0.29) is 6.92 Å². The predicted molar refractivity (Wildman–Crippen MR) is 59.7 cm³/mol. The lowest BCUT2D eigenvalue weighted by Crippen LogP contribution is -2.27. The Kier molecular flexibility index (Phi) is 4.49. The summed E-state index contributed by atoms with van der Waals surface area (Å²) in [7, 11) is 0. The van der Waals surface area contributed by atoms with E-state index in [4.69, 9.17) is 5.02 Å². The van der Waals surface area contributed by atoms with Crippen molar-refractivity contribution in [2.75, 3.05) is 6.44 Å². The van der Waals surface area contributed by atoms with Gasteiger partial charge in [0.2, 0.25) is 0 Å². The Labute approximate surface area is 87.6 Å². The van der Waals surface area contributed by atoms with Gasteiger partial charge in [0.25, 0.3) is 6.92 Å². The van der Waals surface area contributed by atoms with Crippen LogP contribution in [0, 0.1) is 0 Å². The second-order valence-electron chi connectivity index (χ2n) is 3.11. The van der Waals surface area contributed by atoms with E-state index in [2.05, 4.69) is 33.4 Å². The molecule has 0 heterocycles. The average Bonchev–Trinajstić information content (AvgIpc) is 2.08. The van der Waals surface area contributed by atoms with Crippen LogP contribution in [0.2, 0.25) is 6.82 Å². The molecule has 4 heteroatoms. The largest absolute Gasteiger partial charge is 0.449 e. The molecule has 13 heavy (non-hydrogen) atoms. The van der Waals surface area contributed by atoms with E-state index < -0.39 is 0 Å². The highest BCUT2D eigenvalue weighted by Gasteiger charge is 2.00. The van der Waals surface area contributed by atoms with Gasteiger partial charge in [-0.3, -0.25) is 0 Å². The lowest BCUT2D eigenvalue weighted by atomic mass is 9.72. The van der Waals surface area contributed by atoms with Crippen molar-refractivity contribution in [1.82, 2.24) is 5.32 Å². The average molecular weight is 242 g/mol. The molecule has 70 valence electrons. The van der Waals surface area contributed by atoms with Crippen molar-refractivity contribution in [3.63, 3.8) is 0 Å². The molecule has 1 aromatic rings. The van der Waals surface area contributed by atoms with Crippen LogP contribution in [0.3, 0.4) is 0 Å². The van der Waals surface area contributed by atoms with Crippen molar-refractivity contribution in [2.24, 2.45) is 0 Å². The molecule has 0 aliphatic rings. The van der Waals surface area contributed by atoms with Gasteiger partial charge < -0.3 is 10.3 Å². The highest BCUT2D eigenvalue weighted by atomic mass is 79.9. The van der Waals surface area contributed by atoms with Gasteiger partial charge in [0.1, 0.15) is 0 Å². The zero-order chi connectivity index (χ0) is 9.68. The van der Waals surface area contributed by atoms with E-state index in [0.29, 0.717) is 6.44 Å². The maximum atomic E-state index is 9.00. The van der Waals surface area contributed by atoms with E-state index in [0.717, 1.165) is 11.0 Å². The van der Waals surface area contributed by atoms with Crippen LogP contribution in [-0.4, -0.2) is 18.4 Å². The van der Waals surface area contributed by atoms with E-state index in [1.807, 2.05) is 12.1 Å². The van der Waals surface area contributed by atoms with Gasteiger partial charge in [-0.25, -0.2) is 0 Å². The Morgan fingerprint density at radius 1 is 1.38 bits per heavy atom. The van der Waals surface area contributed by atoms with Crippen LogP contribution >= 0.6 is 15.9 Å². The summed E-state index contributed by atoms with van der Waals surface area (Å²) >= 11 is 3.38. The molecule has 0 atom stereocenters. The number of rotatable bonds is 4. The highest BCUT2D eigenvalue weighted by molar-refractivity contribution is 9.10. The second-order valence-corrected chi connectivity index (χ2v) is 4.02. The van der Waals surface area contributed by atoms with Gasteiger partial charge in [0.05, 0.1) is 0 Å². The minimum absolute atomic E-state index is 0.282. The van der Waals surface area contributed by atoms with Crippen molar-refractivity contribution in [3.8, 4) is 0 Å². The zero-order valence-corrected chi connectivity index (χ0v) is 9.21. The summed E-state index contributed by atoms with van der Waals surface area (Å²) in [5.41, 5.74) is 1.23. The van der Waals surface area contributed by atoms with Gasteiger partial charge in [0, 0.05) is 17.5 Å². The lowest BCUT2D eigenvalue weighted by Gasteiger charge is -2.04. The fraction of sp³-hybridized carbons (Fsp3) is 0.333. The van der Waals surface area contributed by atoms with Crippen LogP contribution in [0.1, 0.15) is 5.56 Å². The number of hydrogen-bond donors (Lipinski definition) is 2. The van der Waals surface area contributed by atoms with Crippen LogP contribution in [0.4, 0.5) is 0 Å². The summed E-state index contributed by atoms with van der Waals surface area (Å²) < 4.78 is 1.09. The monoisotopic (exact) mass is 241 g/mol. The molecule has 0 aromatic heterocycles. The zero-order valence-electron chi connectivity index (χ0n) is 7.63. The molecule has 0 saturated carbocycles. The SMILES string of the molecule is CB(O)CNCc1ccc(Br)cc1. The van der Waals surface area contributed by atoms with E-state index >= 15 is 0 Å². The third-order valence-corrected chi connectivity index (χ3v) is 2.21. The quantitative estimate of drug-likeness (QED) is 0.787. The maximum Gasteiger partial charge on any atom is 0.299 e. The first-order valence-electron chi connectivity index (χ1n) is 4.31. The fourth-order valence-electron chi connectivity index (χ4n) is 1.03. The first kappa shape index (κ1) is 10.8. The Morgan fingerprint density at radius 3 is 2.54 bits per heavy atom. The predicted octanol–water partition coefficient (Wildman–Crippen LogP) is 1.69. The van der Waals surface area contributed by atoms with Gasteiger partial charge in [-0.1, -0.05) is 34.9 Å². The molecule has 0 unspecified atom stereocenters. The number of nitrogens with one attached hydrogen (secondary N) is 1. The summed E-state index contributed by atoms with van der Waals surface area (Å²) in [5, 5.41) is 12.2. The van der Waals surface area contributed by atoms with Crippen molar-refractivity contribution >= 4 is 22.8 Å². The van der Waals surface area contributed by atoms with Gasteiger partial charge in [-0.05, 0) is 17.7 Å². The molecule has 0 amide bonds. The second kappa shape index (κ2) is 5.42. The Hall–Kier alpha value is -0.315. The summed E-state index contributed by atoms with van der Waals surface area (Å²) in [4.78, 5) is 0. The Bertz CT molecular complexity index is 250. The molecule has 0 fully saturated rings. The summed E-state index contributed by atoms with van der Waals surface area (Å²) in [6.07, 6.45) is 0.635. The molecule has 0 aliphatic heterocycles. The van der Waals surface area contributed by atoms with Crippen LogP contribution in [-0.2, 0) is 6.54 Å². The van der Waals surface area contributed by atoms with Crippen molar-refractivity contribution in [3.05, 3.63) is 34.3 Å². The highest BCUT2D eigenvalue weighted by Crippen LogP contribution is 2.09. The van der Waals surface area contributed by atoms with Crippen molar-refractivity contribution in [1.29, 1.82) is 0 Å². The third-order valence-electron chi connectivity index (χ3n) is 1.68. The molecular weight excluding hydrogens is 229 g/mol. The topological polar surface area (TPSA) is 32.3 Å². The number of benzene rings is 1. The summed E-state index contributed by atoms with van der Waals surface area (Å²) in [6, 6.07) is 8.14. The fourth-order valence-corrected chi connectivity index (χ4v) is 1.29. The van der Waals surface area contributed by atoms with Gasteiger partial charge in [-0.2, -0.15) is 0 Å². The normalized spacial score (nSPS) is 10.1. The molecule has 2 nitrogen and oxygen atoms in total. The molecule has 1 rings (SSSR count). The van der Waals surface area contributed by atoms with Crippen molar-refractivity contribution < 1.29 is 5.02 Å². The molecule has 0 radical (unpaired) electrons. The van der Waals surface area contributed by atoms with Gasteiger partial charge >= 0.3 is 0 Å². The van der Waals surface area contributed by atoms with Gasteiger partial charge in [0.15, 0.2) is 0 Å². The first-order chi connectivity index (χ1) is 6.18. The van der Waals surface area contributed by atoms with Crippen molar-refractivity contribution in [2.45, 2.75) is 13.4 Å². The van der Waals surface area contributed by atoms with E-state index in [9.17, 15) is 0 Å². The van der Waals surface area contributed by atoms with Crippen LogP contribution in [0.15, 0.2) is 28.7 Å². The van der Waals surface area contributed by atoms with Crippen LogP contribution < -0.4 is 5.32 Å². The minimum Gasteiger partial charge on any atom is -0.449 e. The van der Waals surface area contributed by atoms with Crippen LogP contribution in [0.25, 0.3) is 0 Å². The third kappa shape index (κ3) is 4.46. The Balaban J connectivity index is 2.33. The molecular formula is C9H13BBrNO. The smallest absolute Gasteiger partial charge is 0.299 e. The van der Waals surface area contributed by atoms with E-state index in [1.165, 1.54) is 5.56 Å². The first-order valence-corrected chi connectivity index (χ1v) is 5.11. The number of hydrogen-bond acceptors (Lipinski definition) is 2. The lowest BCUT2D eigenvalue weighted by molar-refractivity contribution is 0.564. The summed E-state index contributed by atoms with van der Waals surface area (Å²) in [5.74, 6) is 0.